The predicted octanol–water partition coefficient (Wildman–Crippen LogP) is 4.30. The van der Waals surface area contributed by atoms with E-state index in [1.807, 2.05) is 0 Å². The van der Waals surface area contributed by atoms with Crippen molar-refractivity contribution in [2.45, 2.75) is 86.2 Å². The lowest BCUT2D eigenvalue weighted by molar-refractivity contribution is 0.0626. The molecule has 2 nitrogen and oxygen atoms in total. The summed E-state index contributed by atoms with van der Waals surface area (Å²) < 4.78 is 0. The Kier molecular flexibility index (Phi) is 8.23. The van der Waals surface area contributed by atoms with E-state index in [-0.39, 0.29) is 5.54 Å². The highest BCUT2D eigenvalue weighted by molar-refractivity contribution is 4.96. The number of rotatable bonds is 9. The summed E-state index contributed by atoms with van der Waals surface area (Å²) in [7, 11) is 0. The van der Waals surface area contributed by atoms with Crippen molar-refractivity contribution in [2.75, 3.05) is 19.6 Å². The molecule has 0 radical (unpaired) electrons. The molecule has 0 saturated heterocycles. The maximum atomic E-state index is 3.75. The lowest BCUT2D eigenvalue weighted by Crippen LogP contribution is -2.59. The lowest BCUT2D eigenvalue weighted by atomic mass is 9.80. The summed E-state index contributed by atoms with van der Waals surface area (Å²) in [6.45, 7) is 21.9. The zero-order chi connectivity index (χ0) is 15.1. The van der Waals surface area contributed by atoms with Crippen LogP contribution < -0.4 is 5.32 Å². The molecule has 0 aliphatic carbocycles. The van der Waals surface area contributed by atoms with Gasteiger partial charge in [0.2, 0.25) is 0 Å². The van der Waals surface area contributed by atoms with Gasteiger partial charge in [0.15, 0.2) is 0 Å². The molecule has 0 saturated carbocycles. The average Bonchev–Trinajstić information content (AvgIpc) is 2.34. The first-order valence-electron chi connectivity index (χ1n) is 8.23. The van der Waals surface area contributed by atoms with E-state index in [0.29, 0.717) is 11.5 Å². The average molecular weight is 271 g/mol. The van der Waals surface area contributed by atoms with Gasteiger partial charge in [0, 0.05) is 11.6 Å². The molecule has 0 aromatic carbocycles. The third-order valence-corrected chi connectivity index (χ3v) is 4.59. The first-order chi connectivity index (χ1) is 8.75. The summed E-state index contributed by atoms with van der Waals surface area (Å²) in [4.78, 5) is 2.63. The molecule has 0 rings (SSSR count). The molecule has 0 amide bonds. The van der Waals surface area contributed by atoms with Crippen LogP contribution in [0.15, 0.2) is 0 Å². The molecule has 1 N–H and O–H groups in total. The van der Waals surface area contributed by atoms with Crippen molar-refractivity contribution in [3.63, 3.8) is 0 Å². The molecule has 0 spiro atoms. The number of likely N-dealkylation sites (N-methyl/N-ethyl adjacent to an activating group) is 2. The quantitative estimate of drug-likeness (QED) is 0.672. The molecule has 116 valence electrons. The molecule has 2 heteroatoms. The zero-order valence-electron chi connectivity index (χ0n) is 14.8. The second kappa shape index (κ2) is 8.26. The van der Waals surface area contributed by atoms with Crippen LogP contribution in [0.25, 0.3) is 0 Å². The largest absolute Gasteiger partial charge is 0.312 e. The highest BCUT2D eigenvalue weighted by atomic mass is 15.2. The van der Waals surface area contributed by atoms with E-state index in [0.717, 1.165) is 19.6 Å². The Morgan fingerprint density at radius 2 is 1.47 bits per heavy atom. The normalized spacial score (nSPS) is 17.5. The molecular formula is C17H38N2. The van der Waals surface area contributed by atoms with Crippen LogP contribution in [0, 0.1) is 5.41 Å². The van der Waals surface area contributed by atoms with Crippen LogP contribution in [0.1, 0.15) is 74.7 Å². The maximum Gasteiger partial charge on any atom is 0.0331 e. The molecule has 0 heterocycles. The minimum absolute atomic E-state index is 0.269. The molecule has 0 bridgehead atoms. The van der Waals surface area contributed by atoms with Crippen LogP contribution in [0.5, 0.6) is 0 Å². The van der Waals surface area contributed by atoms with Crippen LogP contribution in [0.4, 0.5) is 0 Å². The number of hydrogen-bond acceptors (Lipinski definition) is 2. The van der Waals surface area contributed by atoms with Crippen molar-refractivity contribution in [3.05, 3.63) is 0 Å². The molecule has 0 aromatic rings. The summed E-state index contributed by atoms with van der Waals surface area (Å²) in [6.07, 6.45) is 3.75. The van der Waals surface area contributed by atoms with Crippen molar-refractivity contribution in [3.8, 4) is 0 Å². The first-order valence-corrected chi connectivity index (χ1v) is 8.23. The van der Waals surface area contributed by atoms with E-state index in [1.165, 1.54) is 19.3 Å². The summed E-state index contributed by atoms with van der Waals surface area (Å²) in [5, 5.41) is 3.75. The molecular weight excluding hydrogens is 232 g/mol. The first kappa shape index (κ1) is 18.9. The van der Waals surface area contributed by atoms with E-state index in [4.69, 9.17) is 0 Å². The Bertz CT molecular complexity index is 228. The summed E-state index contributed by atoms with van der Waals surface area (Å²) in [5.74, 6) is 0. The van der Waals surface area contributed by atoms with Crippen LogP contribution in [0.2, 0.25) is 0 Å². The van der Waals surface area contributed by atoms with Gasteiger partial charge in [-0.3, -0.25) is 4.90 Å². The van der Waals surface area contributed by atoms with Crippen LogP contribution >= 0.6 is 0 Å². The fourth-order valence-corrected chi connectivity index (χ4v) is 3.09. The van der Waals surface area contributed by atoms with E-state index in [2.05, 4.69) is 65.6 Å². The van der Waals surface area contributed by atoms with Gasteiger partial charge in [0.05, 0.1) is 0 Å². The Balaban J connectivity index is 4.97. The molecule has 0 aliphatic rings. The third-order valence-electron chi connectivity index (χ3n) is 4.59. The number of hydrogen-bond donors (Lipinski definition) is 1. The Morgan fingerprint density at radius 3 is 1.79 bits per heavy atom. The van der Waals surface area contributed by atoms with Gasteiger partial charge in [-0.2, -0.15) is 0 Å². The number of nitrogens with zero attached hydrogens (tertiary/aromatic N) is 1. The molecule has 0 aliphatic heterocycles. The highest BCUT2D eigenvalue weighted by Gasteiger charge is 2.36. The SMILES string of the molecule is CCNC(CCC(C)(C)C)C(C)(CC)N(CC)CC. The van der Waals surface area contributed by atoms with Gasteiger partial charge in [0.1, 0.15) is 0 Å². The smallest absolute Gasteiger partial charge is 0.0331 e. The highest BCUT2D eigenvalue weighted by Crippen LogP contribution is 2.30. The van der Waals surface area contributed by atoms with E-state index < -0.39 is 0 Å². The van der Waals surface area contributed by atoms with E-state index in [1.54, 1.807) is 0 Å². The monoisotopic (exact) mass is 270 g/mol. The molecule has 0 fully saturated rings. The Morgan fingerprint density at radius 1 is 0.947 bits per heavy atom. The molecule has 2 unspecified atom stereocenters. The van der Waals surface area contributed by atoms with Gasteiger partial charge < -0.3 is 5.32 Å². The summed E-state index contributed by atoms with van der Waals surface area (Å²) in [5.41, 5.74) is 0.691. The summed E-state index contributed by atoms with van der Waals surface area (Å²) >= 11 is 0. The molecule has 0 aromatic heterocycles. The number of nitrogens with one attached hydrogen (secondary N) is 1. The van der Waals surface area contributed by atoms with Gasteiger partial charge in [-0.15, -0.1) is 0 Å². The third kappa shape index (κ3) is 5.83. The van der Waals surface area contributed by atoms with Crippen molar-refractivity contribution < 1.29 is 0 Å². The minimum atomic E-state index is 0.269. The van der Waals surface area contributed by atoms with Gasteiger partial charge in [-0.05, 0) is 51.2 Å². The fraction of sp³-hybridized carbons (Fsp3) is 1.00. The van der Waals surface area contributed by atoms with Crippen molar-refractivity contribution >= 4 is 0 Å². The lowest BCUT2D eigenvalue weighted by Gasteiger charge is -2.46. The van der Waals surface area contributed by atoms with Crippen LogP contribution in [-0.2, 0) is 0 Å². The van der Waals surface area contributed by atoms with Crippen molar-refractivity contribution in [2.24, 2.45) is 5.41 Å². The van der Waals surface area contributed by atoms with Gasteiger partial charge in [-0.1, -0.05) is 48.5 Å². The van der Waals surface area contributed by atoms with Gasteiger partial charge in [-0.25, -0.2) is 0 Å². The van der Waals surface area contributed by atoms with E-state index in [9.17, 15) is 0 Å². The van der Waals surface area contributed by atoms with E-state index >= 15 is 0 Å². The standard InChI is InChI=1S/C17H38N2/c1-9-17(8,19(11-3)12-4)15(18-10-2)13-14-16(5,6)7/h15,18H,9-14H2,1-8H3. The van der Waals surface area contributed by atoms with Crippen molar-refractivity contribution in [1.82, 2.24) is 10.2 Å². The maximum absolute atomic E-state index is 3.75. The Hall–Kier alpha value is -0.0800. The van der Waals surface area contributed by atoms with Crippen LogP contribution in [0.3, 0.4) is 0 Å². The summed E-state index contributed by atoms with van der Waals surface area (Å²) in [6, 6.07) is 0.585. The van der Waals surface area contributed by atoms with Gasteiger partial charge >= 0.3 is 0 Å². The topological polar surface area (TPSA) is 15.3 Å². The minimum Gasteiger partial charge on any atom is -0.312 e. The van der Waals surface area contributed by atoms with Gasteiger partial charge in [0.25, 0.3) is 0 Å². The second-order valence-corrected chi connectivity index (χ2v) is 7.09. The predicted molar refractivity (Wildman–Crippen MR) is 87.8 cm³/mol. The van der Waals surface area contributed by atoms with Crippen LogP contribution in [-0.4, -0.2) is 36.1 Å². The molecule has 19 heavy (non-hydrogen) atoms. The zero-order valence-corrected chi connectivity index (χ0v) is 14.8. The second-order valence-electron chi connectivity index (χ2n) is 7.09. The van der Waals surface area contributed by atoms with Crippen molar-refractivity contribution in [1.29, 1.82) is 0 Å². The fourth-order valence-electron chi connectivity index (χ4n) is 3.09. The molecule has 2 atom stereocenters. The Labute approximate surface area is 122 Å².